The van der Waals surface area contributed by atoms with E-state index in [4.69, 9.17) is 14.5 Å². The highest BCUT2D eigenvalue weighted by Crippen LogP contribution is 2.36. The zero-order valence-electron chi connectivity index (χ0n) is 17.9. The van der Waals surface area contributed by atoms with E-state index in [-0.39, 0.29) is 0 Å². The molecule has 0 saturated carbocycles. The molecule has 2 aromatic heterocycles. The summed E-state index contributed by atoms with van der Waals surface area (Å²) in [6.07, 6.45) is 0.779. The van der Waals surface area contributed by atoms with E-state index < -0.39 is 0 Å². The van der Waals surface area contributed by atoms with Gasteiger partial charge in [0, 0.05) is 22.2 Å². The first-order chi connectivity index (χ1) is 14.4. The third-order valence-corrected chi connectivity index (χ3v) is 6.69. The Labute approximate surface area is 185 Å². The number of aromatic nitrogens is 2. The van der Waals surface area contributed by atoms with E-state index in [0.717, 1.165) is 39.2 Å². The number of aryl methyl sites for hydroxylation is 3. The van der Waals surface area contributed by atoms with Crippen molar-refractivity contribution in [2.45, 2.75) is 27.2 Å². The molecular weight excluding hydrogens is 440 g/mol. The second kappa shape index (κ2) is 8.15. The van der Waals surface area contributed by atoms with Crippen LogP contribution in [0.25, 0.3) is 16.9 Å². The summed E-state index contributed by atoms with van der Waals surface area (Å²) >= 11 is 3.75. The van der Waals surface area contributed by atoms with Gasteiger partial charge in [-0.3, -0.25) is 4.40 Å². The van der Waals surface area contributed by atoms with Crippen molar-refractivity contribution < 1.29 is 9.47 Å². The van der Waals surface area contributed by atoms with Crippen LogP contribution in [0, 0.1) is 20.8 Å². The van der Waals surface area contributed by atoms with Crippen molar-refractivity contribution in [3.8, 4) is 22.8 Å². The Morgan fingerprint density at radius 3 is 2.27 bits per heavy atom. The van der Waals surface area contributed by atoms with Crippen LogP contribution in [0.1, 0.15) is 28.1 Å². The molecule has 0 aliphatic heterocycles. The number of ether oxygens (including phenoxy) is 2. The molecule has 0 aliphatic rings. The van der Waals surface area contributed by atoms with Crippen LogP contribution in [0.2, 0.25) is 0 Å². The third-order valence-electron chi connectivity index (χ3n) is 5.49. The maximum atomic E-state index is 5.54. The standard InChI is InChI=1S/C25H25BrN2O2/c1-15-6-8-18(9-7-15)13-20-25(19-10-11-21(29-4)22(14-19)30-5)27-23-12-16(2)24(26)17(3)28(20)23/h6-12,14H,13H2,1-5H3. The quantitative estimate of drug-likeness (QED) is 0.347. The smallest absolute Gasteiger partial charge is 0.161 e. The van der Waals surface area contributed by atoms with Gasteiger partial charge in [-0.2, -0.15) is 0 Å². The largest absolute Gasteiger partial charge is 0.493 e. The molecule has 2 heterocycles. The summed E-state index contributed by atoms with van der Waals surface area (Å²) in [5.41, 5.74) is 8.88. The van der Waals surface area contributed by atoms with E-state index in [1.165, 1.54) is 16.7 Å². The number of rotatable bonds is 5. The van der Waals surface area contributed by atoms with E-state index >= 15 is 0 Å². The molecule has 4 aromatic rings. The molecule has 5 heteroatoms. The van der Waals surface area contributed by atoms with E-state index in [2.05, 4.69) is 71.4 Å². The predicted molar refractivity (Wildman–Crippen MR) is 125 cm³/mol. The lowest BCUT2D eigenvalue weighted by Crippen LogP contribution is -2.02. The summed E-state index contributed by atoms with van der Waals surface area (Å²) in [6, 6.07) is 16.8. The van der Waals surface area contributed by atoms with Crippen LogP contribution in [0.15, 0.2) is 53.0 Å². The maximum Gasteiger partial charge on any atom is 0.161 e. The van der Waals surface area contributed by atoms with Crippen LogP contribution in [0.5, 0.6) is 11.5 Å². The molecule has 0 radical (unpaired) electrons. The number of nitrogens with zero attached hydrogens (tertiary/aromatic N) is 2. The van der Waals surface area contributed by atoms with Crippen molar-refractivity contribution >= 4 is 21.6 Å². The topological polar surface area (TPSA) is 35.8 Å². The van der Waals surface area contributed by atoms with E-state index in [9.17, 15) is 0 Å². The van der Waals surface area contributed by atoms with Gasteiger partial charge in [-0.1, -0.05) is 29.8 Å². The fraction of sp³-hybridized carbons (Fsp3) is 0.240. The van der Waals surface area contributed by atoms with Gasteiger partial charge < -0.3 is 9.47 Å². The number of benzene rings is 2. The van der Waals surface area contributed by atoms with Crippen molar-refractivity contribution in [2.75, 3.05) is 14.2 Å². The highest BCUT2D eigenvalue weighted by Gasteiger charge is 2.19. The van der Waals surface area contributed by atoms with E-state index in [1.54, 1.807) is 14.2 Å². The number of imidazole rings is 1. The minimum Gasteiger partial charge on any atom is -0.493 e. The Hall–Kier alpha value is -2.79. The minimum atomic E-state index is 0.697. The van der Waals surface area contributed by atoms with Gasteiger partial charge in [0.2, 0.25) is 0 Å². The molecule has 0 atom stereocenters. The Morgan fingerprint density at radius 2 is 1.60 bits per heavy atom. The molecule has 4 rings (SSSR count). The molecule has 0 fully saturated rings. The van der Waals surface area contributed by atoms with Crippen molar-refractivity contribution in [3.05, 3.63) is 81.1 Å². The molecule has 154 valence electrons. The summed E-state index contributed by atoms with van der Waals surface area (Å²) in [6.45, 7) is 6.33. The molecule has 30 heavy (non-hydrogen) atoms. The first-order valence-electron chi connectivity index (χ1n) is 9.88. The van der Waals surface area contributed by atoms with E-state index in [0.29, 0.717) is 11.5 Å². The molecule has 0 N–H and O–H groups in total. The Balaban J connectivity index is 1.96. The molecule has 4 nitrogen and oxygen atoms in total. The Morgan fingerprint density at radius 1 is 0.900 bits per heavy atom. The summed E-state index contributed by atoms with van der Waals surface area (Å²) in [7, 11) is 3.30. The first kappa shape index (κ1) is 20.5. The zero-order valence-corrected chi connectivity index (χ0v) is 19.5. The van der Waals surface area contributed by atoms with E-state index in [1.807, 2.05) is 18.2 Å². The van der Waals surface area contributed by atoms with Gasteiger partial charge in [-0.25, -0.2) is 4.98 Å². The van der Waals surface area contributed by atoms with Crippen LogP contribution in [0.4, 0.5) is 0 Å². The average molecular weight is 465 g/mol. The Kier molecular flexibility index (Phi) is 5.56. The number of pyridine rings is 1. The zero-order chi connectivity index (χ0) is 21.4. The van der Waals surface area contributed by atoms with Gasteiger partial charge in [0.15, 0.2) is 11.5 Å². The van der Waals surface area contributed by atoms with Gasteiger partial charge in [-0.15, -0.1) is 0 Å². The highest BCUT2D eigenvalue weighted by molar-refractivity contribution is 9.10. The molecule has 0 saturated heterocycles. The summed E-state index contributed by atoms with van der Waals surface area (Å²) < 4.78 is 14.3. The molecular formula is C25H25BrN2O2. The van der Waals surface area contributed by atoms with Crippen LogP contribution in [0.3, 0.4) is 0 Å². The number of hydrogen-bond donors (Lipinski definition) is 0. The van der Waals surface area contributed by atoms with Crippen molar-refractivity contribution in [3.63, 3.8) is 0 Å². The van der Waals surface area contributed by atoms with Crippen molar-refractivity contribution in [2.24, 2.45) is 0 Å². The van der Waals surface area contributed by atoms with Crippen molar-refractivity contribution in [1.29, 1.82) is 0 Å². The SMILES string of the molecule is COc1ccc(-c2nc3cc(C)c(Br)c(C)n3c2Cc2ccc(C)cc2)cc1OC. The molecule has 0 unspecified atom stereocenters. The fourth-order valence-electron chi connectivity index (χ4n) is 3.86. The predicted octanol–water partition coefficient (Wildman–Crippen LogP) is 6.30. The third kappa shape index (κ3) is 3.58. The van der Waals surface area contributed by atoms with Gasteiger partial charge in [-0.05, 0) is 72.1 Å². The minimum absolute atomic E-state index is 0.697. The van der Waals surface area contributed by atoms with Crippen LogP contribution >= 0.6 is 15.9 Å². The highest BCUT2D eigenvalue weighted by atomic mass is 79.9. The molecule has 0 bridgehead atoms. The Bertz CT molecular complexity index is 1230. The fourth-order valence-corrected chi connectivity index (χ4v) is 4.15. The molecule has 0 spiro atoms. The first-order valence-corrected chi connectivity index (χ1v) is 10.7. The number of methoxy groups -OCH3 is 2. The molecule has 2 aromatic carbocycles. The maximum absolute atomic E-state index is 5.54. The monoisotopic (exact) mass is 464 g/mol. The van der Waals surface area contributed by atoms with Gasteiger partial charge in [0.05, 0.1) is 25.6 Å². The summed E-state index contributed by atoms with van der Waals surface area (Å²) in [5.74, 6) is 1.40. The lowest BCUT2D eigenvalue weighted by atomic mass is 10.0. The number of fused-ring (bicyclic) bond motifs is 1. The summed E-state index contributed by atoms with van der Waals surface area (Å²) in [4.78, 5) is 5.04. The number of hydrogen-bond acceptors (Lipinski definition) is 3. The van der Waals surface area contributed by atoms with Gasteiger partial charge in [0.1, 0.15) is 5.65 Å². The lowest BCUT2D eigenvalue weighted by molar-refractivity contribution is 0.355. The second-order valence-electron chi connectivity index (χ2n) is 7.56. The van der Waals surface area contributed by atoms with Crippen LogP contribution in [-0.2, 0) is 6.42 Å². The second-order valence-corrected chi connectivity index (χ2v) is 8.35. The van der Waals surface area contributed by atoms with Crippen LogP contribution in [-0.4, -0.2) is 23.6 Å². The molecule has 0 amide bonds. The average Bonchev–Trinajstić information content (AvgIpc) is 3.11. The lowest BCUT2D eigenvalue weighted by Gasteiger charge is -2.12. The molecule has 0 aliphatic carbocycles. The number of halogens is 1. The van der Waals surface area contributed by atoms with Crippen molar-refractivity contribution in [1.82, 2.24) is 9.38 Å². The summed E-state index contributed by atoms with van der Waals surface area (Å²) in [5, 5.41) is 0. The van der Waals surface area contributed by atoms with Gasteiger partial charge >= 0.3 is 0 Å². The van der Waals surface area contributed by atoms with Gasteiger partial charge in [0.25, 0.3) is 0 Å². The van der Waals surface area contributed by atoms with Crippen LogP contribution < -0.4 is 9.47 Å². The normalized spacial score (nSPS) is 11.1.